The lowest BCUT2D eigenvalue weighted by Gasteiger charge is -2.30. The summed E-state index contributed by atoms with van der Waals surface area (Å²) in [6.07, 6.45) is 0.591. The molecule has 0 aliphatic carbocycles. The van der Waals surface area contributed by atoms with Crippen LogP contribution in [-0.2, 0) is 9.47 Å². The molecule has 0 radical (unpaired) electrons. The van der Waals surface area contributed by atoms with Crippen molar-refractivity contribution in [1.82, 2.24) is 5.32 Å². The molecule has 0 unspecified atom stereocenters. The highest BCUT2D eigenvalue weighted by atomic mass is 16.6. The molecular weight excluding hydrogens is 242 g/mol. The number of amides is 1. The molecular formula is C15H29NO3. The van der Waals surface area contributed by atoms with Gasteiger partial charge in [-0.1, -0.05) is 20.8 Å². The zero-order valence-corrected chi connectivity index (χ0v) is 13.4. The first-order chi connectivity index (χ1) is 8.53. The maximum absolute atomic E-state index is 11.9. The molecule has 1 saturated heterocycles. The van der Waals surface area contributed by atoms with Gasteiger partial charge >= 0.3 is 6.09 Å². The van der Waals surface area contributed by atoms with Gasteiger partial charge in [-0.25, -0.2) is 4.79 Å². The average molecular weight is 271 g/mol. The minimum Gasteiger partial charge on any atom is -0.444 e. The first-order valence-corrected chi connectivity index (χ1v) is 7.17. The van der Waals surface area contributed by atoms with Crippen molar-refractivity contribution >= 4 is 6.09 Å². The van der Waals surface area contributed by atoms with Crippen molar-refractivity contribution in [2.45, 2.75) is 72.1 Å². The fourth-order valence-electron chi connectivity index (χ4n) is 2.16. The van der Waals surface area contributed by atoms with Crippen molar-refractivity contribution in [1.29, 1.82) is 0 Å². The summed E-state index contributed by atoms with van der Waals surface area (Å²) in [7, 11) is 0. The Bertz CT molecular complexity index is 316. The summed E-state index contributed by atoms with van der Waals surface area (Å²) in [5.74, 6) is 0.798. The van der Waals surface area contributed by atoms with Crippen molar-refractivity contribution < 1.29 is 14.3 Å². The normalized spacial score (nSPS) is 25.9. The molecule has 1 amide bonds. The molecule has 4 heteroatoms. The van der Waals surface area contributed by atoms with Gasteiger partial charge in [0, 0.05) is 12.0 Å². The van der Waals surface area contributed by atoms with Crippen molar-refractivity contribution in [3.05, 3.63) is 0 Å². The molecule has 19 heavy (non-hydrogen) atoms. The lowest BCUT2D eigenvalue weighted by atomic mass is 9.85. The van der Waals surface area contributed by atoms with Crippen LogP contribution in [0, 0.1) is 11.8 Å². The molecule has 0 aromatic heterocycles. The lowest BCUT2D eigenvalue weighted by Crippen LogP contribution is -2.46. The summed E-state index contributed by atoms with van der Waals surface area (Å²) in [5, 5.41) is 3.01. The topological polar surface area (TPSA) is 50.9 Å². The first kappa shape index (κ1) is 16.3. The Kier molecular flexibility index (Phi) is 4.88. The van der Waals surface area contributed by atoms with Crippen LogP contribution in [0.3, 0.4) is 0 Å². The highest BCUT2D eigenvalue weighted by Gasteiger charge is 2.48. The number of nitrogens with one attached hydrogen (secondary N) is 1. The second-order valence-electron chi connectivity index (χ2n) is 7.27. The quantitative estimate of drug-likeness (QED) is 0.780. The molecule has 112 valence electrons. The second-order valence-corrected chi connectivity index (χ2v) is 7.27. The first-order valence-electron chi connectivity index (χ1n) is 7.17. The van der Waals surface area contributed by atoms with E-state index >= 15 is 0 Å². The van der Waals surface area contributed by atoms with E-state index in [1.165, 1.54) is 0 Å². The van der Waals surface area contributed by atoms with Gasteiger partial charge in [-0.2, -0.15) is 0 Å². The molecule has 4 nitrogen and oxygen atoms in total. The number of alkyl carbamates (subject to hydrolysis) is 1. The monoisotopic (exact) mass is 271 g/mol. The van der Waals surface area contributed by atoms with Gasteiger partial charge in [-0.15, -0.1) is 0 Å². The standard InChI is InChI=1S/C15H29NO3/c1-10(2)8-12(11(3)15(7)9-18-15)16-13(17)19-14(4,5)6/h10-12H,8-9H2,1-7H3,(H,16,17)/t11-,12+,15+/m1/s1. The highest BCUT2D eigenvalue weighted by Crippen LogP contribution is 2.37. The van der Waals surface area contributed by atoms with Crippen LogP contribution in [0.4, 0.5) is 4.79 Å². The number of rotatable bonds is 5. The lowest BCUT2D eigenvalue weighted by molar-refractivity contribution is 0.0461. The number of carbonyl (C=O) groups excluding carboxylic acids is 1. The van der Waals surface area contributed by atoms with Gasteiger partial charge < -0.3 is 14.8 Å². The second kappa shape index (κ2) is 5.70. The smallest absolute Gasteiger partial charge is 0.407 e. The molecule has 3 atom stereocenters. The van der Waals surface area contributed by atoms with E-state index in [0.717, 1.165) is 13.0 Å². The van der Waals surface area contributed by atoms with E-state index in [1.54, 1.807) is 0 Å². The minimum absolute atomic E-state index is 0.0855. The van der Waals surface area contributed by atoms with Gasteiger partial charge in [0.2, 0.25) is 0 Å². The van der Waals surface area contributed by atoms with Crippen molar-refractivity contribution in [3.63, 3.8) is 0 Å². The van der Waals surface area contributed by atoms with E-state index < -0.39 is 5.60 Å². The van der Waals surface area contributed by atoms with Gasteiger partial charge in [0.25, 0.3) is 0 Å². The fourth-order valence-corrected chi connectivity index (χ4v) is 2.16. The predicted octanol–water partition coefficient (Wildman–Crippen LogP) is 3.35. The zero-order valence-electron chi connectivity index (χ0n) is 13.4. The molecule has 0 aromatic carbocycles. The van der Waals surface area contributed by atoms with Crippen LogP contribution < -0.4 is 5.32 Å². The largest absolute Gasteiger partial charge is 0.444 e. The van der Waals surface area contributed by atoms with Crippen LogP contribution in [0.1, 0.15) is 54.9 Å². The Morgan fingerprint density at radius 2 is 1.89 bits per heavy atom. The van der Waals surface area contributed by atoms with Gasteiger partial charge in [0.05, 0.1) is 12.2 Å². The van der Waals surface area contributed by atoms with Crippen molar-refractivity contribution in [3.8, 4) is 0 Å². The van der Waals surface area contributed by atoms with E-state index in [2.05, 4.69) is 33.0 Å². The van der Waals surface area contributed by atoms with Gasteiger partial charge in [0.1, 0.15) is 5.60 Å². The summed E-state index contributed by atoms with van der Waals surface area (Å²) in [6.45, 7) is 15.0. The van der Waals surface area contributed by atoms with Crippen LogP contribution in [0.5, 0.6) is 0 Å². The zero-order chi connectivity index (χ0) is 14.8. The molecule has 1 fully saturated rings. The Morgan fingerprint density at radius 1 is 1.37 bits per heavy atom. The third kappa shape index (κ3) is 5.39. The summed E-state index contributed by atoms with van der Waals surface area (Å²) in [6, 6.07) is 0.0855. The highest BCUT2D eigenvalue weighted by molar-refractivity contribution is 5.68. The molecule has 0 spiro atoms. The average Bonchev–Trinajstić information content (AvgIpc) is 2.92. The van der Waals surface area contributed by atoms with Gasteiger partial charge in [-0.3, -0.25) is 0 Å². The van der Waals surface area contributed by atoms with Crippen LogP contribution in [-0.4, -0.2) is 29.9 Å². The SMILES string of the molecule is CC(C)C[C@H](NC(=O)OC(C)(C)C)[C@@H](C)[C@]1(C)CO1. The summed E-state index contributed by atoms with van der Waals surface area (Å²) in [5.41, 5.74) is -0.551. The number of ether oxygens (including phenoxy) is 2. The molecule has 1 rings (SSSR count). The van der Waals surface area contributed by atoms with E-state index in [0.29, 0.717) is 5.92 Å². The minimum atomic E-state index is -0.463. The number of carbonyl (C=O) groups is 1. The third-order valence-corrected chi connectivity index (χ3v) is 3.59. The third-order valence-electron chi connectivity index (χ3n) is 3.59. The Hall–Kier alpha value is -0.770. The molecule has 1 aliphatic heterocycles. The van der Waals surface area contributed by atoms with E-state index in [-0.39, 0.29) is 23.7 Å². The maximum atomic E-state index is 11.9. The van der Waals surface area contributed by atoms with Gasteiger partial charge in [-0.05, 0) is 40.0 Å². The Labute approximate surface area is 117 Å². The molecule has 1 aliphatic rings. The molecule has 1 heterocycles. The van der Waals surface area contributed by atoms with E-state index in [9.17, 15) is 4.79 Å². The Morgan fingerprint density at radius 3 is 2.26 bits per heavy atom. The van der Waals surface area contributed by atoms with Crippen molar-refractivity contribution in [2.24, 2.45) is 11.8 Å². The van der Waals surface area contributed by atoms with E-state index in [1.807, 2.05) is 20.8 Å². The van der Waals surface area contributed by atoms with Crippen molar-refractivity contribution in [2.75, 3.05) is 6.61 Å². The number of hydrogen-bond acceptors (Lipinski definition) is 3. The molecule has 1 N–H and O–H groups in total. The number of hydrogen-bond donors (Lipinski definition) is 1. The van der Waals surface area contributed by atoms with Gasteiger partial charge in [0.15, 0.2) is 0 Å². The van der Waals surface area contributed by atoms with Crippen LogP contribution in [0.2, 0.25) is 0 Å². The molecule has 0 aromatic rings. The maximum Gasteiger partial charge on any atom is 0.407 e. The fraction of sp³-hybridized carbons (Fsp3) is 0.933. The molecule has 0 bridgehead atoms. The summed E-state index contributed by atoms with van der Waals surface area (Å²) in [4.78, 5) is 11.9. The summed E-state index contributed by atoms with van der Waals surface area (Å²) >= 11 is 0. The van der Waals surface area contributed by atoms with E-state index in [4.69, 9.17) is 9.47 Å². The summed E-state index contributed by atoms with van der Waals surface area (Å²) < 4.78 is 10.9. The van der Waals surface area contributed by atoms with Crippen LogP contribution in [0.15, 0.2) is 0 Å². The van der Waals surface area contributed by atoms with Crippen LogP contribution >= 0.6 is 0 Å². The predicted molar refractivity (Wildman–Crippen MR) is 76.1 cm³/mol. The Balaban J connectivity index is 2.62. The number of epoxide rings is 1. The molecule has 0 saturated carbocycles. The van der Waals surface area contributed by atoms with Crippen LogP contribution in [0.25, 0.3) is 0 Å².